The topological polar surface area (TPSA) is 76.1 Å². The zero-order valence-corrected chi connectivity index (χ0v) is 14.1. The zero-order chi connectivity index (χ0) is 18.4. The number of aromatic nitrogens is 2. The molecule has 0 aliphatic carbocycles. The highest BCUT2D eigenvalue weighted by Crippen LogP contribution is 2.18. The van der Waals surface area contributed by atoms with E-state index in [0.717, 1.165) is 11.3 Å². The quantitative estimate of drug-likeness (QED) is 0.710. The highest BCUT2D eigenvalue weighted by molar-refractivity contribution is 6.03. The number of nitrogens with one attached hydrogen (secondary N) is 2. The van der Waals surface area contributed by atoms with Crippen molar-refractivity contribution in [3.8, 4) is 5.75 Å². The van der Waals surface area contributed by atoms with Crippen LogP contribution in [0.4, 0.5) is 16.0 Å². The fourth-order valence-corrected chi connectivity index (χ4v) is 2.33. The molecule has 2 N–H and O–H groups in total. The summed E-state index contributed by atoms with van der Waals surface area (Å²) in [5.41, 5.74) is 1.61. The molecule has 0 radical (unpaired) electrons. The SMILES string of the molecule is COc1ccccc1CNc1ncc(C(=O)Nc2cccc(F)c2)cn1. The second-order valence-electron chi connectivity index (χ2n) is 5.43. The van der Waals surface area contributed by atoms with Gasteiger partial charge in [0.15, 0.2) is 0 Å². The lowest BCUT2D eigenvalue weighted by Crippen LogP contribution is -2.13. The summed E-state index contributed by atoms with van der Waals surface area (Å²) in [6.07, 6.45) is 2.82. The van der Waals surface area contributed by atoms with Crippen LogP contribution in [0.25, 0.3) is 0 Å². The molecule has 1 amide bonds. The van der Waals surface area contributed by atoms with Crippen molar-refractivity contribution in [1.29, 1.82) is 0 Å². The maximum Gasteiger partial charge on any atom is 0.258 e. The fourth-order valence-electron chi connectivity index (χ4n) is 2.33. The van der Waals surface area contributed by atoms with Crippen LogP contribution in [-0.4, -0.2) is 23.0 Å². The van der Waals surface area contributed by atoms with Crippen molar-refractivity contribution in [2.75, 3.05) is 17.7 Å². The number of ether oxygens (including phenoxy) is 1. The number of hydrogen-bond acceptors (Lipinski definition) is 5. The Hall–Kier alpha value is -3.48. The molecule has 0 atom stereocenters. The third-order valence-corrected chi connectivity index (χ3v) is 3.63. The van der Waals surface area contributed by atoms with E-state index in [1.165, 1.54) is 30.6 Å². The van der Waals surface area contributed by atoms with Crippen LogP contribution >= 0.6 is 0 Å². The van der Waals surface area contributed by atoms with E-state index in [0.29, 0.717) is 18.2 Å². The van der Waals surface area contributed by atoms with Gasteiger partial charge in [-0.15, -0.1) is 0 Å². The summed E-state index contributed by atoms with van der Waals surface area (Å²) >= 11 is 0. The molecule has 0 saturated heterocycles. The molecule has 0 spiro atoms. The highest BCUT2D eigenvalue weighted by atomic mass is 19.1. The van der Waals surface area contributed by atoms with E-state index in [2.05, 4.69) is 20.6 Å². The maximum atomic E-state index is 13.2. The lowest BCUT2D eigenvalue weighted by molar-refractivity contribution is 0.102. The number of benzene rings is 2. The van der Waals surface area contributed by atoms with E-state index < -0.39 is 11.7 Å². The molecule has 0 aliphatic heterocycles. The van der Waals surface area contributed by atoms with Gasteiger partial charge in [0, 0.05) is 30.2 Å². The van der Waals surface area contributed by atoms with Gasteiger partial charge in [-0.2, -0.15) is 0 Å². The Bertz CT molecular complexity index is 900. The Balaban J connectivity index is 1.62. The molecule has 26 heavy (non-hydrogen) atoms. The van der Waals surface area contributed by atoms with Gasteiger partial charge in [0.05, 0.1) is 12.7 Å². The van der Waals surface area contributed by atoms with Crippen LogP contribution in [0, 0.1) is 5.82 Å². The average Bonchev–Trinajstić information content (AvgIpc) is 2.67. The molecule has 2 aromatic carbocycles. The predicted octanol–water partition coefficient (Wildman–Crippen LogP) is 3.49. The van der Waals surface area contributed by atoms with Gasteiger partial charge in [-0.25, -0.2) is 14.4 Å². The number of para-hydroxylation sites is 1. The molecule has 0 aliphatic rings. The molecule has 132 valence electrons. The van der Waals surface area contributed by atoms with Crippen molar-refractivity contribution >= 4 is 17.5 Å². The molecule has 1 aromatic heterocycles. The molecule has 6 nitrogen and oxygen atoms in total. The van der Waals surface area contributed by atoms with E-state index in [4.69, 9.17) is 4.74 Å². The molecule has 7 heteroatoms. The summed E-state index contributed by atoms with van der Waals surface area (Å²) in [4.78, 5) is 20.4. The Kier molecular flexibility index (Phi) is 5.38. The minimum atomic E-state index is -0.421. The first-order valence-electron chi connectivity index (χ1n) is 7.90. The normalized spacial score (nSPS) is 10.2. The van der Waals surface area contributed by atoms with E-state index in [9.17, 15) is 9.18 Å². The van der Waals surface area contributed by atoms with Crippen LogP contribution < -0.4 is 15.4 Å². The van der Waals surface area contributed by atoms with Gasteiger partial charge < -0.3 is 15.4 Å². The summed E-state index contributed by atoms with van der Waals surface area (Å²) < 4.78 is 18.4. The first-order chi connectivity index (χ1) is 12.7. The largest absolute Gasteiger partial charge is 0.496 e. The van der Waals surface area contributed by atoms with E-state index in [1.807, 2.05) is 24.3 Å². The van der Waals surface area contributed by atoms with Gasteiger partial charge in [0.1, 0.15) is 11.6 Å². The maximum absolute atomic E-state index is 13.2. The van der Waals surface area contributed by atoms with Crippen molar-refractivity contribution in [3.05, 3.63) is 77.9 Å². The smallest absolute Gasteiger partial charge is 0.258 e. The van der Waals surface area contributed by atoms with Gasteiger partial charge in [0.25, 0.3) is 5.91 Å². The Morgan fingerprint density at radius 3 is 2.62 bits per heavy atom. The first-order valence-corrected chi connectivity index (χ1v) is 7.90. The number of hydrogen-bond donors (Lipinski definition) is 2. The number of methoxy groups -OCH3 is 1. The van der Waals surface area contributed by atoms with Gasteiger partial charge in [0.2, 0.25) is 5.95 Å². The Morgan fingerprint density at radius 1 is 1.12 bits per heavy atom. The Labute approximate surface area is 150 Å². The molecule has 3 rings (SSSR count). The van der Waals surface area contributed by atoms with E-state index in [1.54, 1.807) is 13.2 Å². The molecule has 0 fully saturated rings. The predicted molar refractivity (Wildman–Crippen MR) is 96.7 cm³/mol. The molecular formula is C19H17FN4O2. The third-order valence-electron chi connectivity index (χ3n) is 3.63. The summed E-state index contributed by atoms with van der Waals surface area (Å²) in [5.74, 6) is 0.325. The second kappa shape index (κ2) is 8.06. The monoisotopic (exact) mass is 352 g/mol. The van der Waals surface area contributed by atoms with Gasteiger partial charge in [-0.1, -0.05) is 24.3 Å². The Morgan fingerprint density at radius 2 is 1.88 bits per heavy atom. The van der Waals surface area contributed by atoms with Crippen molar-refractivity contribution in [1.82, 2.24) is 9.97 Å². The van der Waals surface area contributed by atoms with Crippen LogP contribution in [0.1, 0.15) is 15.9 Å². The second-order valence-corrected chi connectivity index (χ2v) is 5.43. The number of carbonyl (C=O) groups excluding carboxylic acids is 1. The molecule has 0 unspecified atom stereocenters. The van der Waals surface area contributed by atoms with Crippen LogP contribution in [0.5, 0.6) is 5.75 Å². The van der Waals surface area contributed by atoms with Crippen molar-refractivity contribution in [3.63, 3.8) is 0 Å². The fraction of sp³-hybridized carbons (Fsp3) is 0.105. The minimum absolute atomic E-state index is 0.275. The van der Waals surface area contributed by atoms with Gasteiger partial charge in [-0.3, -0.25) is 4.79 Å². The highest BCUT2D eigenvalue weighted by Gasteiger charge is 2.09. The standard InChI is InChI=1S/C19H17FN4O2/c1-26-17-8-3-2-5-13(17)10-21-19-22-11-14(12-23-19)18(25)24-16-7-4-6-15(20)9-16/h2-9,11-12H,10H2,1H3,(H,24,25)(H,21,22,23). The van der Waals surface area contributed by atoms with Gasteiger partial charge >= 0.3 is 0 Å². The number of halogens is 1. The third kappa shape index (κ3) is 4.32. The van der Waals surface area contributed by atoms with Crippen molar-refractivity contribution in [2.45, 2.75) is 6.54 Å². The minimum Gasteiger partial charge on any atom is -0.496 e. The van der Waals surface area contributed by atoms with Crippen molar-refractivity contribution < 1.29 is 13.9 Å². The van der Waals surface area contributed by atoms with Crippen LogP contribution in [0.2, 0.25) is 0 Å². The van der Waals surface area contributed by atoms with E-state index >= 15 is 0 Å². The summed E-state index contributed by atoms with van der Waals surface area (Å²) in [5, 5.41) is 5.67. The van der Waals surface area contributed by atoms with E-state index in [-0.39, 0.29) is 5.56 Å². The number of carbonyl (C=O) groups is 1. The molecule has 3 aromatic rings. The zero-order valence-electron chi connectivity index (χ0n) is 14.1. The molecule has 0 bridgehead atoms. The lowest BCUT2D eigenvalue weighted by atomic mass is 10.2. The lowest BCUT2D eigenvalue weighted by Gasteiger charge is -2.09. The average molecular weight is 352 g/mol. The molecular weight excluding hydrogens is 335 g/mol. The summed E-state index contributed by atoms with van der Waals surface area (Å²) in [6.45, 7) is 0.485. The van der Waals surface area contributed by atoms with Crippen LogP contribution in [0.3, 0.4) is 0 Å². The number of anilines is 2. The number of amides is 1. The summed E-state index contributed by atoms with van der Waals surface area (Å²) in [6, 6.07) is 13.3. The molecule has 0 saturated carbocycles. The number of nitrogens with zero attached hydrogens (tertiary/aromatic N) is 2. The van der Waals surface area contributed by atoms with Gasteiger partial charge in [-0.05, 0) is 24.3 Å². The van der Waals surface area contributed by atoms with Crippen LogP contribution in [-0.2, 0) is 6.54 Å². The first kappa shape index (κ1) is 17.3. The van der Waals surface area contributed by atoms with Crippen LogP contribution in [0.15, 0.2) is 60.9 Å². The molecule has 1 heterocycles. The summed E-state index contributed by atoms with van der Waals surface area (Å²) in [7, 11) is 1.61. The van der Waals surface area contributed by atoms with Crippen molar-refractivity contribution in [2.24, 2.45) is 0 Å². The number of rotatable bonds is 6.